The summed E-state index contributed by atoms with van der Waals surface area (Å²) >= 11 is 0. The number of fused-ring (bicyclic) bond motifs is 2. The van der Waals surface area contributed by atoms with Crippen molar-refractivity contribution in [2.75, 3.05) is 11.4 Å². The molecule has 2 aliphatic rings. The number of nitrogens with zero attached hydrogens (tertiary/aromatic N) is 2. The van der Waals surface area contributed by atoms with Crippen LogP contribution in [0.3, 0.4) is 0 Å². The number of anilines is 1. The normalized spacial score (nSPS) is 16.2. The van der Waals surface area contributed by atoms with Crippen molar-refractivity contribution in [3.8, 4) is 6.07 Å². The van der Waals surface area contributed by atoms with Crippen LogP contribution in [-0.2, 0) is 11.2 Å². The van der Waals surface area contributed by atoms with Crippen molar-refractivity contribution < 1.29 is 9.90 Å². The maximum atomic E-state index is 10.8. The first-order valence-corrected chi connectivity index (χ1v) is 11.6. The van der Waals surface area contributed by atoms with E-state index in [4.69, 9.17) is 10.4 Å². The van der Waals surface area contributed by atoms with E-state index in [9.17, 15) is 4.79 Å². The Hall–Kier alpha value is -3.32. The number of hydrogen-bond donors (Lipinski definition) is 1. The predicted octanol–water partition coefficient (Wildman–Crippen LogP) is 6.73. The quantitative estimate of drug-likeness (QED) is 0.205. The summed E-state index contributed by atoms with van der Waals surface area (Å²) in [6.45, 7) is 3.31. The number of carbonyl (C=O) groups is 1. The first-order valence-electron chi connectivity index (χ1n) is 11.6. The van der Waals surface area contributed by atoms with Crippen LogP contribution in [-0.4, -0.2) is 17.6 Å². The van der Waals surface area contributed by atoms with Gasteiger partial charge in [0.2, 0.25) is 0 Å². The number of carboxylic acid groups (broad SMARTS) is 1. The minimum atomic E-state index is -1.21. The molecule has 1 aliphatic heterocycles. The highest BCUT2D eigenvalue weighted by molar-refractivity contribution is 5.91. The Morgan fingerprint density at radius 3 is 2.75 bits per heavy atom. The van der Waals surface area contributed by atoms with Crippen molar-refractivity contribution in [3.63, 3.8) is 0 Å². The SMILES string of the molecule is CCCCCCN1C2=CCCC=C2CCc2cc(/C=C/C=C/C=C(\C#N)C(=O)O)ccc21. The highest BCUT2D eigenvalue weighted by Gasteiger charge is 2.23. The van der Waals surface area contributed by atoms with Gasteiger partial charge in [-0.2, -0.15) is 5.26 Å². The molecule has 0 unspecified atom stereocenters. The number of aliphatic carboxylic acids is 1. The van der Waals surface area contributed by atoms with Crippen LogP contribution in [0.5, 0.6) is 0 Å². The molecule has 1 heterocycles. The van der Waals surface area contributed by atoms with Crippen LogP contribution in [0.4, 0.5) is 5.69 Å². The van der Waals surface area contributed by atoms with Gasteiger partial charge in [0.15, 0.2) is 0 Å². The van der Waals surface area contributed by atoms with Crippen molar-refractivity contribution in [3.05, 3.63) is 82.6 Å². The van der Waals surface area contributed by atoms with E-state index in [2.05, 4.69) is 42.2 Å². The largest absolute Gasteiger partial charge is 0.477 e. The minimum absolute atomic E-state index is 0.274. The van der Waals surface area contributed by atoms with E-state index in [1.165, 1.54) is 54.3 Å². The first kappa shape index (κ1) is 23.3. The molecule has 4 nitrogen and oxygen atoms in total. The minimum Gasteiger partial charge on any atom is -0.477 e. The van der Waals surface area contributed by atoms with Gasteiger partial charge < -0.3 is 10.0 Å². The third-order valence-corrected chi connectivity index (χ3v) is 5.93. The van der Waals surface area contributed by atoms with E-state index in [-0.39, 0.29) is 5.57 Å². The summed E-state index contributed by atoms with van der Waals surface area (Å²) in [5.74, 6) is -1.21. The molecule has 0 saturated heterocycles. The highest BCUT2D eigenvalue weighted by Crippen LogP contribution is 2.37. The Bertz CT molecular complexity index is 1020. The summed E-state index contributed by atoms with van der Waals surface area (Å²) < 4.78 is 0. The lowest BCUT2D eigenvalue weighted by molar-refractivity contribution is -0.132. The number of unbranched alkanes of at least 4 members (excludes halogenated alkanes) is 3. The van der Waals surface area contributed by atoms with Gasteiger partial charge in [0, 0.05) is 17.9 Å². The van der Waals surface area contributed by atoms with Gasteiger partial charge in [-0.1, -0.05) is 68.7 Å². The van der Waals surface area contributed by atoms with Gasteiger partial charge in [-0.05, 0) is 67.0 Å². The standard InChI is InChI=1S/C28H32N2O2/c1-2-3-4-10-19-30-26-14-9-8-12-23(26)16-17-24-20-22(15-18-27(24)30)11-6-5-7-13-25(21-29)28(31)32/h5-7,11-15,18,20H,2-4,8-10,16-17,19H2,1H3,(H,31,32)/b7-5+,11-6+,25-13+. The second kappa shape index (κ2) is 11.9. The van der Waals surface area contributed by atoms with Crippen molar-refractivity contribution in [1.29, 1.82) is 5.26 Å². The van der Waals surface area contributed by atoms with Crippen LogP contribution >= 0.6 is 0 Å². The highest BCUT2D eigenvalue weighted by atomic mass is 16.4. The summed E-state index contributed by atoms with van der Waals surface area (Å²) in [6, 6.07) is 8.33. The Labute approximate surface area is 191 Å². The van der Waals surface area contributed by atoms with E-state index in [1.807, 2.05) is 12.2 Å². The topological polar surface area (TPSA) is 64.3 Å². The fraction of sp³-hybridized carbons (Fsp3) is 0.357. The Morgan fingerprint density at radius 2 is 1.97 bits per heavy atom. The van der Waals surface area contributed by atoms with Crippen molar-refractivity contribution >= 4 is 17.7 Å². The predicted molar refractivity (Wildman–Crippen MR) is 131 cm³/mol. The molecule has 0 amide bonds. The average Bonchev–Trinajstić information content (AvgIpc) is 2.95. The number of carboxylic acids is 1. The van der Waals surface area contributed by atoms with E-state index >= 15 is 0 Å². The van der Waals surface area contributed by atoms with Crippen LogP contribution in [0.15, 0.2) is 71.5 Å². The van der Waals surface area contributed by atoms with Gasteiger partial charge >= 0.3 is 5.97 Å². The molecule has 0 saturated carbocycles. The number of allylic oxidation sites excluding steroid dienone is 7. The number of nitriles is 1. The molecule has 1 aliphatic carbocycles. The number of rotatable bonds is 9. The fourth-order valence-corrected chi connectivity index (χ4v) is 4.28. The third kappa shape index (κ3) is 6.11. The van der Waals surface area contributed by atoms with Gasteiger partial charge in [-0.25, -0.2) is 4.79 Å². The molecule has 0 radical (unpaired) electrons. The summed E-state index contributed by atoms with van der Waals surface area (Å²) in [5, 5.41) is 17.7. The second-order valence-corrected chi connectivity index (χ2v) is 8.24. The molecule has 32 heavy (non-hydrogen) atoms. The molecule has 1 aromatic carbocycles. The maximum Gasteiger partial charge on any atom is 0.346 e. The molecule has 0 spiro atoms. The Kier molecular flexibility index (Phi) is 8.69. The van der Waals surface area contributed by atoms with Gasteiger partial charge in [0.1, 0.15) is 11.6 Å². The van der Waals surface area contributed by atoms with Gasteiger partial charge in [0.25, 0.3) is 0 Å². The van der Waals surface area contributed by atoms with E-state index in [0.717, 1.165) is 37.8 Å². The zero-order valence-corrected chi connectivity index (χ0v) is 18.9. The van der Waals surface area contributed by atoms with Crippen LogP contribution in [0, 0.1) is 11.3 Å². The smallest absolute Gasteiger partial charge is 0.346 e. The Morgan fingerprint density at radius 1 is 1.12 bits per heavy atom. The molecule has 0 atom stereocenters. The monoisotopic (exact) mass is 428 g/mol. The maximum absolute atomic E-state index is 10.8. The number of hydrogen-bond acceptors (Lipinski definition) is 3. The molecular weight excluding hydrogens is 396 g/mol. The third-order valence-electron chi connectivity index (χ3n) is 5.93. The molecule has 0 aromatic heterocycles. The summed E-state index contributed by atoms with van der Waals surface area (Å²) in [4.78, 5) is 13.4. The molecule has 3 rings (SSSR count). The lowest BCUT2D eigenvalue weighted by atomic mass is 9.98. The molecular formula is C28H32N2O2. The second-order valence-electron chi connectivity index (χ2n) is 8.24. The van der Waals surface area contributed by atoms with E-state index in [0.29, 0.717) is 0 Å². The fourth-order valence-electron chi connectivity index (χ4n) is 4.28. The average molecular weight is 429 g/mol. The van der Waals surface area contributed by atoms with Crippen molar-refractivity contribution in [2.45, 2.75) is 58.3 Å². The lowest BCUT2D eigenvalue weighted by Crippen LogP contribution is -2.25. The molecule has 166 valence electrons. The van der Waals surface area contributed by atoms with Crippen LogP contribution < -0.4 is 4.90 Å². The molecule has 1 N–H and O–H groups in total. The van der Waals surface area contributed by atoms with Crippen LogP contribution in [0.2, 0.25) is 0 Å². The lowest BCUT2D eigenvalue weighted by Gasteiger charge is -2.30. The molecule has 1 aromatic rings. The van der Waals surface area contributed by atoms with E-state index in [1.54, 1.807) is 18.2 Å². The summed E-state index contributed by atoms with van der Waals surface area (Å²) in [6.07, 6.45) is 22.8. The van der Waals surface area contributed by atoms with Crippen LogP contribution in [0.25, 0.3) is 6.08 Å². The first-order chi connectivity index (χ1) is 15.6. The van der Waals surface area contributed by atoms with Crippen LogP contribution in [0.1, 0.15) is 63.0 Å². The molecule has 4 heteroatoms. The summed E-state index contributed by atoms with van der Waals surface area (Å²) in [5.41, 5.74) is 6.45. The van der Waals surface area contributed by atoms with Gasteiger partial charge in [-0.15, -0.1) is 0 Å². The Balaban J connectivity index is 1.79. The summed E-state index contributed by atoms with van der Waals surface area (Å²) in [7, 11) is 0. The van der Waals surface area contributed by atoms with Gasteiger partial charge in [-0.3, -0.25) is 0 Å². The van der Waals surface area contributed by atoms with Crippen molar-refractivity contribution in [1.82, 2.24) is 0 Å². The zero-order chi connectivity index (χ0) is 22.8. The molecule has 0 fully saturated rings. The number of aryl methyl sites for hydroxylation is 1. The number of benzene rings is 1. The van der Waals surface area contributed by atoms with E-state index < -0.39 is 5.97 Å². The van der Waals surface area contributed by atoms with Gasteiger partial charge in [0.05, 0.1) is 0 Å². The molecule has 0 bridgehead atoms. The zero-order valence-electron chi connectivity index (χ0n) is 18.9. The van der Waals surface area contributed by atoms with Crippen molar-refractivity contribution in [2.24, 2.45) is 0 Å².